The van der Waals surface area contributed by atoms with Crippen LogP contribution in [-0.4, -0.2) is 41.7 Å². The third kappa shape index (κ3) is 2.67. The van der Waals surface area contributed by atoms with E-state index in [-0.39, 0.29) is 13.0 Å². The molecular weight excluding hydrogens is 412 g/mol. The Morgan fingerprint density at radius 2 is 1.81 bits per heavy atom. The molecule has 0 aliphatic carbocycles. The highest BCUT2D eigenvalue weighted by Crippen LogP contribution is 2.53. The Morgan fingerprint density at radius 3 is 2.56 bits per heavy atom. The molecule has 0 unspecified atom stereocenters. The number of likely N-dealkylation sites (tertiary alicyclic amines) is 1. The van der Waals surface area contributed by atoms with E-state index >= 15 is 0 Å². The van der Waals surface area contributed by atoms with E-state index in [0.29, 0.717) is 22.6 Å². The lowest BCUT2D eigenvalue weighted by molar-refractivity contribution is -0.143. The molecule has 2 fully saturated rings. The van der Waals surface area contributed by atoms with Gasteiger partial charge in [-0.15, -0.1) is 0 Å². The normalized spacial score (nSPS) is 28.1. The number of rotatable bonds is 5. The second-order valence-corrected chi connectivity index (χ2v) is 8.31. The highest BCUT2D eigenvalue weighted by atomic mass is 16.5. The molecule has 164 valence electrons. The number of nitrogens with one attached hydrogen (secondary N) is 2. The zero-order valence-electron chi connectivity index (χ0n) is 17.3. The molecule has 4 amide bonds. The largest absolute Gasteiger partial charge is 0.496 e. The highest BCUT2D eigenvalue weighted by molar-refractivity contribution is 6.15. The summed E-state index contributed by atoms with van der Waals surface area (Å²) < 4.78 is 5.36. The van der Waals surface area contributed by atoms with Gasteiger partial charge in [0.15, 0.2) is 0 Å². The second-order valence-electron chi connectivity index (χ2n) is 8.31. The Kier molecular flexibility index (Phi) is 4.52. The molecule has 4 atom stereocenters. The first-order valence-corrected chi connectivity index (χ1v) is 10.3. The van der Waals surface area contributed by atoms with Crippen LogP contribution in [0.1, 0.15) is 17.5 Å². The number of nitrogens with two attached hydrogens (primary N) is 1. The molecule has 5 rings (SSSR count). The van der Waals surface area contributed by atoms with E-state index in [4.69, 9.17) is 10.5 Å². The number of hydrogen-bond donors (Lipinski definition) is 3. The first kappa shape index (κ1) is 20.2. The predicted octanol–water partition coefficient (Wildman–Crippen LogP) is 0.491. The number of carbonyl (C=O) groups is 4. The molecule has 0 bridgehead atoms. The van der Waals surface area contributed by atoms with Crippen molar-refractivity contribution in [3.8, 4) is 5.75 Å². The van der Waals surface area contributed by atoms with Gasteiger partial charge in [-0.05, 0) is 12.1 Å². The van der Waals surface area contributed by atoms with Crippen molar-refractivity contribution in [2.24, 2.45) is 17.6 Å². The molecule has 9 heteroatoms. The number of methoxy groups -OCH3 is 1. The number of hydrogen-bond acceptors (Lipinski definition) is 6. The van der Waals surface area contributed by atoms with Crippen LogP contribution in [0.25, 0.3) is 0 Å². The van der Waals surface area contributed by atoms with Gasteiger partial charge < -0.3 is 15.8 Å². The van der Waals surface area contributed by atoms with Crippen LogP contribution in [0.2, 0.25) is 0 Å². The third-order valence-electron chi connectivity index (χ3n) is 6.66. The van der Waals surface area contributed by atoms with Gasteiger partial charge in [-0.2, -0.15) is 0 Å². The number of amides is 4. The van der Waals surface area contributed by atoms with Crippen molar-refractivity contribution in [1.82, 2.24) is 10.2 Å². The molecule has 3 aliphatic rings. The first-order chi connectivity index (χ1) is 15.4. The van der Waals surface area contributed by atoms with E-state index in [9.17, 15) is 19.2 Å². The summed E-state index contributed by atoms with van der Waals surface area (Å²) in [4.78, 5) is 53.4. The minimum Gasteiger partial charge on any atom is -0.496 e. The lowest BCUT2D eigenvalue weighted by Crippen LogP contribution is -2.53. The summed E-state index contributed by atoms with van der Waals surface area (Å²) in [6.07, 6.45) is -0.167. The third-order valence-corrected chi connectivity index (χ3v) is 6.66. The number of ether oxygens (including phenoxy) is 1. The minimum absolute atomic E-state index is 0.0112. The van der Waals surface area contributed by atoms with Crippen LogP contribution in [0.4, 0.5) is 5.69 Å². The van der Waals surface area contributed by atoms with E-state index in [1.807, 2.05) is 0 Å². The van der Waals surface area contributed by atoms with Gasteiger partial charge in [0.05, 0.1) is 25.5 Å². The van der Waals surface area contributed by atoms with Crippen LogP contribution in [0.15, 0.2) is 48.5 Å². The Labute approximate surface area is 183 Å². The SMILES string of the molecule is COc1ccccc1CN1C(=O)[C@H]2[C@H](CC(N)=O)N[C@@]3(C(=O)Nc4ccccc43)[C@@H]2C1=O. The van der Waals surface area contributed by atoms with Crippen molar-refractivity contribution >= 4 is 29.3 Å². The number of anilines is 1. The molecule has 2 aromatic rings. The topological polar surface area (TPSA) is 131 Å². The number of fused-ring (bicyclic) bond motifs is 4. The van der Waals surface area contributed by atoms with E-state index in [1.165, 1.54) is 7.11 Å². The van der Waals surface area contributed by atoms with Crippen molar-refractivity contribution in [1.29, 1.82) is 0 Å². The Balaban J connectivity index is 1.60. The quantitative estimate of drug-likeness (QED) is 0.587. The fourth-order valence-corrected chi connectivity index (χ4v) is 5.37. The van der Waals surface area contributed by atoms with Crippen LogP contribution in [0.3, 0.4) is 0 Å². The van der Waals surface area contributed by atoms with Crippen LogP contribution < -0.4 is 21.1 Å². The van der Waals surface area contributed by atoms with E-state index in [2.05, 4.69) is 10.6 Å². The zero-order chi connectivity index (χ0) is 22.6. The van der Waals surface area contributed by atoms with Crippen LogP contribution in [0, 0.1) is 11.8 Å². The lowest BCUT2D eigenvalue weighted by atomic mass is 9.76. The second kappa shape index (κ2) is 7.16. The fourth-order valence-electron chi connectivity index (χ4n) is 5.37. The maximum Gasteiger partial charge on any atom is 0.250 e. The Hall–Kier alpha value is -3.72. The van der Waals surface area contributed by atoms with Gasteiger partial charge in [0, 0.05) is 29.3 Å². The smallest absolute Gasteiger partial charge is 0.250 e. The summed E-state index contributed by atoms with van der Waals surface area (Å²) in [6, 6.07) is 13.4. The molecule has 4 N–H and O–H groups in total. The Morgan fingerprint density at radius 1 is 1.09 bits per heavy atom. The maximum absolute atomic E-state index is 13.7. The Bertz CT molecular complexity index is 1160. The van der Waals surface area contributed by atoms with Crippen molar-refractivity contribution < 1.29 is 23.9 Å². The number of benzene rings is 2. The lowest BCUT2D eigenvalue weighted by Gasteiger charge is -2.29. The molecule has 3 aliphatic heterocycles. The van der Waals surface area contributed by atoms with Crippen LogP contribution in [-0.2, 0) is 31.3 Å². The van der Waals surface area contributed by atoms with E-state index < -0.39 is 47.0 Å². The molecule has 0 saturated carbocycles. The van der Waals surface area contributed by atoms with E-state index in [0.717, 1.165) is 4.90 Å². The molecule has 2 saturated heterocycles. The summed E-state index contributed by atoms with van der Waals surface area (Å²) in [5.41, 5.74) is 5.83. The molecule has 3 heterocycles. The van der Waals surface area contributed by atoms with Gasteiger partial charge in [-0.1, -0.05) is 36.4 Å². The fraction of sp³-hybridized carbons (Fsp3) is 0.304. The number of imide groups is 1. The summed E-state index contributed by atoms with van der Waals surface area (Å²) in [7, 11) is 1.52. The van der Waals surface area contributed by atoms with Gasteiger partial charge in [-0.3, -0.25) is 29.4 Å². The number of nitrogens with zero attached hydrogens (tertiary/aromatic N) is 1. The molecule has 9 nitrogen and oxygen atoms in total. The van der Waals surface area contributed by atoms with Crippen LogP contribution >= 0.6 is 0 Å². The molecular formula is C23H22N4O5. The average Bonchev–Trinajstić information content (AvgIpc) is 3.34. The van der Waals surface area contributed by atoms with Crippen molar-refractivity contribution in [3.05, 3.63) is 59.7 Å². The summed E-state index contributed by atoms with van der Waals surface area (Å²) in [5.74, 6) is -3.25. The first-order valence-electron chi connectivity index (χ1n) is 10.3. The number of carbonyl (C=O) groups excluding carboxylic acids is 4. The summed E-state index contributed by atoms with van der Waals surface area (Å²) >= 11 is 0. The van der Waals surface area contributed by atoms with Crippen molar-refractivity contribution in [2.45, 2.75) is 24.5 Å². The summed E-state index contributed by atoms with van der Waals surface area (Å²) in [5, 5.41) is 5.98. The monoisotopic (exact) mass is 434 g/mol. The van der Waals surface area contributed by atoms with Gasteiger partial charge in [0.25, 0.3) is 0 Å². The summed E-state index contributed by atoms with van der Waals surface area (Å²) in [6.45, 7) is 0.0112. The predicted molar refractivity (Wildman–Crippen MR) is 113 cm³/mol. The molecule has 0 radical (unpaired) electrons. The number of primary amides is 1. The van der Waals surface area contributed by atoms with Gasteiger partial charge in [0.2, 0.25) is 23.6 Å². The molecule has 0 aromatic heterocycles. The number of para-hydroxylation sites is 2. The van der Waals surface area contributed by atoms with E-state index in [1.54, 1.807) is 48.5 Å². The van der Waals surface area contributed by atoms with Crippen molar-refractivity contribution in [2.75, 3.05) is 12.4 Å². The molecule has 1 spiro atoms. The standard InChI is InChI=1S/C23H22N4O5/c1-32-16-9-5-2-6-12(16)11-27-20(29)18-15(10-17(24)28)26-23(19(18)21(27)30)13-7-3-4-8-14(13)25-22(23)31/h2-9,15,18-19,26H,10-11H2,1H3,(H2,24,28)(H,25,31)/t15-,18-,19-,23+/m0/s1. The van der Waals surface area contributed by atoms with Crippen molar-refractivity contribution in [3.63, 3.8) is 0 Å². The minimum atomic E-state index is -1.44. The maximum atomic E-state index is 13.7. The average molecular weight is 434 g/mol. The van der Waals surface area contributed by atoms with Gasteiger partial charge in [-0.25, -0.2) is 0 Å². The zero-order valence-corrected chi connectivity index (χ0v) is 17.3. The molecule has 32 heavy (non-hydrogen) atoms. The van der Waals surface area contributed by atoms with Crippen LogP contribution in [0.5, 0.6) is 5.75 Å². The van der Waals surface area contributed by atoms with Gasteiger partial charge in [0.1, 0.15) is 11.3 Å². The van der Waals surface area contributed by atoms with Gasteiger partial charge >= 0.3 is 0 Å². The highest BCUT2D eigenvalue weighted by Gasteiger charge is 2.70. The molecule has 2 aromatic carbocycles.